The number of nitrogens with zero attached hydrogens (tertiary/aromatic N) is 4. The number of hydrazine groups is 1. The Bertz CT molecular complexity index is 1430. The molecule has 2 aromatic carbocycles. The van der Waals surface area contributed by atoms with E-state index in [0.29, 0.717) is 38.8 Å². The normalized spacial score (nSPS) is 14.0. The number of rotatable bonds is 9. The molecule has 1 saturated heterocycles. The Morgan fingerprint density at radius 3 is 2.51 bits per heavy atom. The predicted octanol–water partition coefficient (Wildman–Crippen LogP) is 3.88. The molecule has 5 rings (SSSR count). The lowest BCUT2D eigenvalue weighted by Gasteiger charge is -2.34. The third kappa shape index (κ3) is 6.19. The fourth-order valence-electron chi connectivity index (χ4n) is 4.29. The van der Waals surface area contributed by atoms with Crippen molar-refractivity contribution in [2.45, 2.75) is 0 Å². The molecule has 204 valence electrons. The Morgan fingerprint density at radius 1 is 1.10 bits per heavy atom. The average molecular weight is 552 g/mol. The Morgan fingerprint density at radius 2 is 1.82 bits per heavy atom. The second kappa shape index (κ2) is 11.8. The van der Waals surface area contributed by atoms with Gasteiger partial charge in [0.2, 0.25) is 0 Å². The molecule has 0 saturated carbocycles. The number of anilines is 3. The van der Waals surface area contributed by atoms with Crippen LogP contribution < -0.4 is 15.6 Å². The minimum atomic E-state index is -0.366. The molecular formula is C27H30FN7O3S. The number of hydrogen-bond donors (Lipinski definition) is 3. The summed E-state index contributed by atoms with van der Waals surface area (Å²) in [6.45, 7) is 4.50. The van der Waals surface area contributed by atoms with Gasteiger partial charge in [-0.15, -0.1) is 11.3 Å². The lowest BCUT2D eigenvalue weighted by atomic mass is 10.1. The van der Waals surface area contributed by atoms with Gasteiger partial charge in [0.15, 0.2) is 0 Å². The van der Waals surface area contributed by atoms with E-state index in [-0.39, 0.29) is 24.2 Å². The van der Waals surface area contributed by atoms with Crippen LogP contribution in [0.5, 0.6) is 0 Å². The minimum absolute atomic E-state index is 0.266. The monoisotopic (exact) mass is 551 g/mol. The van der Waals surface area contributed by atoms with Crippen LogP contribution in [0.4, 0.5) is 21.6 Å². The molecule has 39 heavy (non-hydrogen) atoms. The third-order valence-corrected chi connectivity index (χ3v) is 7.59. The zero-order chi connectivity index (χ0) is 27.4. The molecule has 2 amide bonds. The summed E-state index contributed by atoms with van der Waals surface area (Å²) in [7, 11) is 3.67. The van der Waals surface area contributed by atoms with E-state index in [1.54, 1.807) is 25.3 Å². The highest BCUT2D eigenvalue weighted by molar-refractivity contribution is 7.20. The number of aromatic amines is 1. The van der Waals surface area contributed by atoms with Crippen molar-refractivity contribution in [1.29, 1.82) is 0 Å². The van der Waals surface area contributed by atoms with E-state index in [1.807, 2.05) is 24.3 Å². The van der Waals surface area contributed by atoms with Crippen LogP contribution in [0.15, 0.2) is 54.6 Å². The summed E-state index contributed by atoms with van der Waals surface area (Å²) in [4.78, 5) is 31.9. The smallest absolute Gasteiger partial charge is 0.282 e. The van der Waals surface area contributed by atoms with E-state index >= 15 is 0 Å². The first-order valence-corrected chi connectivity index (χ1v) is 13.4. The number of nitrogens with one attached hydrogen (secondary N) is 3. The highest BCUT2D eigenvalue weighted by atomic mass is 32.1. The molecule has 1 aliphatic heterocycles. The Hall–Kier alpha value is -4.00. The van der Waals surface area contributed by atoms with Crippen molar-refractivity contribution in [3.63, 3.8) is 0 Å². The van der Waals surface area contributed by atoms with Crippen LogP contribution in [0, 0.1) is 5.82 Å². The van der Waals surface area contributed by atoms with Gasteiger partial charge in [-0.3, -0.25) is 20.1 Å². The van der Waals surface area contributed by atoms with Crippen LogP contribution in [0.1, 0.15) is 20.0 Å². The Labute approximate surface area is 229 Å². The molecule has 0 unspecified atom stereocenters. The number of carbonyl (C=O) groups excluding carboxylic acids is 2. The first-order chi connectivity index (χ1) is 18.9. The van der Waals surface area contributed by atoms with E-state index in [0.717, 1.165) is 31.9 Å². The van der Waals surface area contributed by atoms with Gasteiger partial charge >= 0.3 is 0 Å². The molecule has 4 aromatic rings. The lowest BCUT2D eigenvalue weighted by molar-refractivity contribution is 0.0746. The van der Waals surface area contributed by atoms with Crippen molar-refractivity contribution in [3.05, 3.63) is 70.9 Å². The second-order valence-electron chi connectivity index (χ2n) is 9.29. The second-order valence-corrected chi connectivity index (χ2v) is 10.3. The summed E-state index contributed by atoms with van der Waals surface area (Å²) in [5, 5.41) is 12.1. The number of halogens is 1. The molecule has 0 bridgehead atoms. The van der Waals surface area contributed by atoms with E-state index in [1.165, 1.54) is 28.5 Å². The maximum Gasteiger partial charge on any atom is 0.282 e. The zero-order valence-electron chi connectivity index (χ0n) is 21.7. The van der Waals surface area contributed by atoms with Crippen molar-refractivity contribution >= 4 is 50.6 Å². The number of amides is 2. The van der Waals surface area contributed by atoms with Crippen LogP contribution in [-0.2, 0) is 4.74 Å². The quantitative estimate of drug-likeness (QED) is 0.271. The van der Waals surface area contributed by atoms with Gasteiger partial charge in [0.1, 0.15) is 16.5 Å². The summed E-state index contributed by atoms with van der Waals surface area (Å²) in [5.74, 6) is -0.515. The van der Waals surface area contributed by atoms with Gasteiger partial charge in [0.05, 0.1) is 29.1 Å². The van der Waals surface area contributed by atoms with E-state index < -0.39 is 0 Å². The molecule has 12 heteroatoms. The zero-order valence-corrected chi connectivity index (χ0v) is 22.6. The van der Waals surface area contributed by atoms with Crippen LogP contribution in [0.3, 0.4) is 0 Å². The summed E-state index contributed by atoms with van der Waals surface area (Å²) in [6, 6.07) is 15.0. The molecule has 3 N–H and O–H groups in total. The highest BCUT2D eigenvalue weighted by Crippen LogP contribution is 2.30. The van der Waals surface area contributed by atoms with E-state index in [2.05, 4.69) is 37.8 Å². The number of piperazine rings is 1. The number of ether oxygens (including phenoxy) is 1. The molecular weight excluding hydrogens is 521 g/mol. The van der Waals surface area contributed by atoms with Crippen LogP contribution in [-0.4, -0.2) is 85.4 Å². The van der Waals surface area contributed by atoms with Crippen molar-refractivity contribution in [3.8, 4) is 0 Å². The lowest BCUT2D eigenvalue weighted by Crippen LogP contribution is -2.44. The predicted molar refractivity (Wildman–Crippen MR) is 151 cm³/mol. The standard InChI is InChI=1S/C27H30FN7O3S/c1-33-11-13-34(14-12-33)21-9-3-18(4-10-21)25(36)29-24-22-17-23(39-26(22)31-30-24)27(37)35(15-16-38-2)32-20-7-5-19(28)6-8-20/h3-10,17,32H,11-16H2,1-2H3,(H2,29,30,31,36). The number of carbonyl (C=O) groups is 2. The largest absolute Gasteiger partial charge is 0.383 e. The van der Waals surface area contributed by atoms with Gasteiger partial charge in [-0.25, -0.2) is 9.40 Å². The molecule has 10 nitrogen and oxygen atoms in total. The molecule has 0 spiro atoms. The highest BCUT2D eigenvalue weighted by Gasteiger charge is 2.22. The number of H-pyrrole nitrogens is 1. The van der Waals surface area contributed by atoms with Gasteiger partial charge in [0.25, 0.3) is 11.8 Å². The third-order valence-electron chi connectivity index (χ3n) is 6.57. The summed E-state index contributed by atoms with van der Waals surface area (Å²) in [5.41, 5.74) is 5.20. The average Bonchev–Trinajstić information content (AvgIpc) is 3.54. The van der Waals surface area contributed by atoms with Crippen molar-refractivity contribution in [2.24, 2.45) is 0 Å². The molecule has 1 fully saturated rings. The van der Waals surface area contributed by atoms with Crippen LogP contribution in [0.25, 0.3) is 10.2 Å². The maximum atomic E-state index is 13.3. The molecule has 1 aliphatic rings. The van der Waals surface area contributed by atoms with E-state index in [4.69, 9.17) is 4.74 Å². The van der Waals surface area contributed by atoms with Gasteiger partial charge in [-0.2, -0.15) is 5.10 Å². The number of benzene rings is 2. The number of methoxy groups -OCH3 is 1. The fourth-order valence-corrected chi connectivity index (χ4v) is 5.23. The number of aromatic nitrogens is 2. The number of likely N-dealkylation sites (N-methyl/N-ethyl adjacent to an activating group) is 1. The van der Waals surface area contributed by atoms with Crippen molar-refractivity contribution < 1.29 is 18.7 Å². The van der Waals surface area contributed by atoms with Crippen molar-refractivity contribution in [1.82, 2.24) is 20.1 Å². The van der Waals surface area contributed by atoms with Crippen LogP contribution >= 0.6 is 11.3 Å². The SMILES string of the molecule is COCCN(Nc1ccc(F)cc1)C(=O)c1cc2c(NC(=O)c3ccc(N4CCN(C)CC4)cc3)[nH]nc2s1. The van der Waals surface area contributed by atoms with Crippen LogP contribution in [0.2, 0.25) is 0 Å². The van der Waals surface area contributed by atoms with Gasteiger partial charge in [0, 0.05) is 44.5 Å². The number of fused-ring (bicyclic) bond motifs is 1. The molecule has 0 atom stereocenters. The maximum absolute atomic E-state index is 13.3. The summed E-state index contributed by atoms with van der Waals surface area (Å²) >= 11 is 1.21. The van der Waals surface area contributed by atoms with Gasteiger partial charge in [-0.1, -0.05) is 0 Å². The molecule has 0 aliphatic carbocycles. The van der Waals surface area contributed by atoms with Crippen molar-refractivity contribution in [2.75, 3.05) is 69.1 Å². The molecule has 3 heterocycles. The number of hydrogen-bond acceptors (Lipinski definition) is 8. The van der Waals surface area contributed by atoms with Gasteiger partial charge in [-0.05, 0) is 61.6 Å². The Kier molecular flexibility index (Phi) is 8.05. The Balaban J connectivity index is 1.28. The van der Waals surface area contributed by atoms with E-state index in [9.17, 15) is 14.0 Å². The number of thiophene rings is 1. The molecule has 2 aromatic heterocycles. The van der Waals surface area contributed by atoms with Gasteiger partial charge < -0.3 is 19.9 Å². The first-order valence-electron chi connectivity index (χ1n) is 12.6. The topological polar surface area (TPSA) is 106 Å². The summed E-state index contributed by atoms with van der Waals surface area (Å²) < 4.78 is 18.5. The molecule has 0 radical (unpaired) electrons. The fraction of sp³-hybridized carbons (Fsp3) is 0.296. The minimum Gasteiger partial charge on any atom is -0.383 e. The first kappa shape index (κ1) is 26.6. The summed E-state index contributed by atoms with van der Waals surface area (Å²) in [6.07, 6.45) is 0.